The van der Waals surface area contributed by atoms with Gasteiger partial charge in [-0.25, -0.2) is 0 Å². The Bertz CT molecular complexity index is 488. The first kappa shape index (κ1) is 13.9. The lowest BCUT2D eigenvalue weighted by Crippen LogP contribution is -2.49. The van der Waals surface area contributed by atoms with E-state index < -0.39 is 0 Å². The molecule has 3 nitrogen and oxygen atoms in total. The van der Waals surface area contributed by atoms with E-state index in [1.54, 1.807) is 0 Å². The van der Waals surface area contributed by atoms with Crippen molar-refractivity contribution in [3.8, 4) is 5.75 Å². The molecule has 3 atom stereocenters. The van der Waals surface area contributed by atoms with Crippen molar-refractivity contribution in [3.63, 3.8) is 0 Å². The summed E-state index contributed by atoms with van der Waals surface area (Å²) >= 11 is 0. The van der Waals surface area contributed by atoms with Crippen LogP contribution >= 0.6 is 0 Å². The van der Waals surface area contributed by atoms with E-state index >= 15 is 0 Å². The van der Waals surface area contributed by atoms with E-state index in [-0.39, 0.29) is 5.60 Å². The maximum atomic E-state index is 6.46. The number of nitrogens with one attached hydrogen (secondary N) is 1. The van der Waals surface area contributed by atoms with Crippen LogP contribution in [0.25, 0.3) is 0 Å². The SMILES string of the molecule is CCC1CC2(CCO1)CC(NC)c1cc(C)ccc1O2. The first-order chi connectivity index (χ1) is 9.65. The zero-order valence-electron chi connectivity index (χ0n) is 12.7. The van der Waals surface area contributed by atoms with Crippen LogP contribution in [0.15, 0.2) is 18.2 Å². The summed E-state index contributed by atoms with van der Waals surface area (Å²) < 4.78 is 12.3. The van der Waals surface area contributed by atoms with Crippen molar-refractivity contribution in [3.05, 3.63) is 29.3 Å². The van der Waals surface area contributed by atoms with Crippen LogP contribution in [-0.2, 0) is 4.74 Å². The maximum Gasteiger partial charge on any atom is 0.124 e. The Morgan fingerprint density at radius 2 is 2.20 bits per heavy atom. The van der Waals surface area contributed by atoms with Crippen LogP contribution in [0.5, 0.6) is 5.75 Å². The molecule has 110 valence electrons. The standard InChI is InChI=1S/C17H25NO2/c1-4-13-10-17(7-8-19-13)11-15(18-3)14-9-12(2)5-6-16(14)20-17/h5-6,9,13,15,18H,4,7-8,10-11H2,1-3H3. The van der Waals surface area contributed by atoms with Crippen molar-refractivity contribution in [1.82, 2.24) is 5.32 Å². The molecule has 3 rings (SSSR count). The summed E-state index contributed by atoms with van der Waals surface area (Å²) in [5.41, 5.74) is 2.55. The fourth-order valence-corrected chi connectivity index (χ4v) is 3.58. The monoisotopic (exact) mass is 275 g/mol. The van der Waals surface area contributed by atoms with Crippen LogP contribution in [0.4, 0.5) is 0 Å². The summed E-state index contributed by atoms with van der Waals surface area (Å²) in [6.07, 6.45) is 4.45. The molecule has 0 aliphatic carbocycles. The van der Waals surface area contributed by atoms with Crippen molar-refractivity contribution in [1.29, 1.82) is 0 Å². The summed E-state index contributed by atoms with van der Waals surface area (Å²) in [4.78, 5) is 0. The molecule has 20 heavy (non-hydrogen) atoms. The Hall–Kier alpha value is -1.06. The minimum atomic E-state index is -0.0468. The Morgan fingerprint density at radius 1 is 1.35 bits per heavy atom. The molecule has 2 aliphatic heterocycles. The Kier molecular flexibility index (Phi) is 3.74. The lowest BCUT2D eigenvalue weighted by molar-refractivity contribution is -0.103. The lowest BCUT2D eigenvalue weighted by atomic mass is 9.79. The van der Waals surface area contributed by atoms with Crippen LogP contribution in [0.2, 0.25) is 0 Å². The minimum Gasteiger partial charge on any atom is -0.487 e. The van der Waals surface area contributed by atoms with E-state index in [9.17, 15) is 0 Å². The molecule has 2 aliphatic rings. The second-order valence-electron chi connectivity index (χ2n) is 6.23. The van der Waals surface area contributed by atoms with E-state index in [1.807, 2.05) is 7.05 Å². The topological polar surface area (TPSA) is 30.5 Å². The third-order valence-corrected chi connectivity index (χ3v) is 4.76. The third kappa shape index (κ3) is 2.45. The number of fused-ring (bicyclic) bond motifs is 1. The predicted molar refractivity (Wildman–Crippen MR) is 80.2 cm³/mol. The van der Waals surface area contributed by atoms with Crippen molar-refractivity contribution >= 4 is 0 Å². The van der Waals surface area contributed by atoms with Gasteiger partial charge in [-0.1, -0.05) is 24.6 Å². The molecular formula is C17H25NO2. The quantitative estimate of drug-likeness (QED) is 0.897. The second-order valence-corrected chi connectivity index (χ2v) is 6.23. The maximum absolute atomic E-state index is 6.46. The smallest absolute Gasteiger partial charge is 0.124 e. The van der Waals surface area contributed by atoms with Crippen LogP contribution < -0.4 is 10.1 Å². The van der Waals surface area contributed by atoms with Crippen LogP contribution in [0.1, 0.15) is 49.8 Å². The fourth-order valence-electron chi connectivity index (χ4n) is 3.58. The highest BCUT2D eigenvalue weighted by atomic mass is 16.5. The molecule has 3 heteroatoms. The molecule has 2 heterocycles. The molecule has 0 saturated carbocycles. The average molecular weight is 275 g/mol. The molecule has 0 amide bonds. The van der Waals surface area contributed by atoms with Crippen molar-refractivity contribution in [2.45, 2.75) is 57.3 Å². The van der Waals surface area contributed by atoms with E-state index in [1.165, 1.54) is 11.1 Å². The number of hydrogen-bond acceptors (Lipinski definition) is 3. The van der Waals surface area contributed by atoms with Gasteiger partial charge in [0.1, 0.15) is 11.4 Å². The van der Waals surface area contributed by atoms with Crippen molar-refractivity contribution in [2.24, 2.45) is 0 Å². The predicted octanol–water partition coefficient (Wildman–Crippen LogP) is 3.37. The molecule has 1 aromatic rings. The van der Waals surface area contributed by atoms with Gasteiger partial charge in [0.15, 0.2) is 0 Å². The lowest BCUT2D eigenvalue weighted by Gasteiger charge is -2.46. The number of aryl methyl sites for hydroxylation is 1. The zero-order chi connectivity index (χ0) is 14.2. The number of hydrogen-bond donors (Lipinski definition) is 1. The average Bonchev–Trinajstić information content (AvgIpc) is 2.47. The number of ether oxygens (including phenoxy) is 2. The first-order valence-corrected chi connectivity index (χ1v) is 7.74. The molecule has 1 fully saturated rings. The van der Waals surface area contributed by atoms with Crippen molar-refractivity contribution in [2.75, 3.05) is 13.7 Å². The largest absolute Gasteiger partial charge is 0.487 e. The highest BCUT2D eigenvalue weighted by Crippen LogP contribution is 2.45. The highest BCUT2D eigenvalue weighted by molar-refractivity contribution is 5.41. The molecule has 1 aromatic carbocycles. The number of rotatable bonds is 2. The van der Waals surface area contributed by atoms with E-state index in [4.69, 9.17) is 9.47 Å². The normalized spacial score (nSPS) is 32.8. The third-order valence-electron chi connectivity index (χ3n) is 4.76. The molecule has 0 radical (unpaired) electrons. The molecule has 1 N–H and O–H groups in total. The van der Waals surface area contributed by atoms with Gasteiger partial charge in [-0.05, 0) is 26.5 Å². The molecule has 0 bridgehead atoms. The summed E-state index contributed by atoms with van der Waals surface area (Å²) in [5, 5.41) is 3.47. The van der Waals surface area contributed by atoms with Gasteiger partial charge < -0.3 is 14.8 Å². The van der Waals surface area contributed by atoms with Gasteiger partial charge in [-0.2, -0.15) is 0 Å². The molecule has 1 saturated heterocycles. The Morgan fingerprint density at radius 3 is 2.95 bits per heavy atom. The Labute approximate surface area is 121 Å². The molecule has 0 aromatic heterocycles. The second kappa shape index (κ2) is 5.38. The minimum absolute atomic E-state index is 0.0468. The van der Waals surface area contributed by atoms with Gasteiger partial charge in [0.2, 0.25) is 0 Å². The van der Waals surface area contributed by atoms with Gasteiger partial charge in [-0.3, -0.25) is 0 Å². The van der Waals surface area contributed by atoms with Gasteiger partial charge in [-0.15, -0.1) is 0 Å². The molecular weight excluding hydrogens is 250 g/mol. The van der Waals surface area contributed by atoms with Gasteiger partial charge in [0.05, 0.1) is 12.7 Å². The summed E-state index contributed by atoms with van der Waals surface area (Å²) in [7, 11) is 2.05. The fraction of sp³-hybridized carbons (Fsp3) is 0.647. The molecule has 1 spiro atoms. The van der Waals surface area contributed by atoms with Crippen LogP contribution in [0, 0.1) is 6.92 Å². The summed E-state index contributed by atoms with van der Waals surface area (Å²) in [5.74, 6) is 1.05. The number of benzene rings is 1. The molecule has 3 unspecified atom stereocenters. The zero-order valence-corrected chi connectivity index (χ0v) is 12.7. The summed E-state index contributed by atoms with van der Waals surface area (Å²) in [6, 6.07) is 6.90. The van der Waals surface area contributed by atoms with Gasteiger partial charge in [0, 0.05) is 30.9 Å². The summed E-state index contributed by atoms with van der Waals surface area (Å²) in [6.45, 7) is 5.15. The van der Waals surface area contributed by atoms with Crippen LogP contribution in [-0.4, -0.2) is 25.4 Å². The van der Waals surface area contributed by atoms with Gasteiger partial charge >= 0.3 is 0 Å². The van der Waals surface area contributed by atoms with E-state index in [0.29, 0.717) is 12.1 Å². The highest BCUT2D eigenvalue weighted by Gasteiger charge is 2.44. The van der Waals surface area contributed by atoms with E-state index in [0.717, 1.165) is 38.0 Å². The van der Waals surface area contributed by atoms with Crippen molar-refractivity contribution < 1.29 is 9.47 Å². The Balaban J connectivity index is 1.92. The first-order valence-electron chi connectivity index (χ1n) is 7.74. The van der Waals surface area contributed by atoms with Crippen LogP contribution in [0.3, 0.4) is 0 Å². The van der Waals surface area contributed by atoms with E-state index in [2.05, 4.69) is 37.4 Å². The van der Waals surface area contributed by atoms with Gasteiger partial charge in [0.25, 0.3) is 0 Å².